The molecule has 1 atom stereocenters. The summed E-state index contributed by atoms with van der Waals surface area (Å²) >= 11 is 3.40. The summed E-state index contributed by atoms with van der Waals surface area (Å²) in [5, 5.41) is 12.4. The van der Waals surface area contributed by atoms with E-state index in [1.165, 1.54) is 0 Å². The lowest BCUT2D eigenvalue weighted by Gasteiger charge is -2.14. The number of carbonyl (C=O) groups excluding carboxylic acids is 1. The maximum absolute atomic E-state index is 11.8. The number of nitrogens with one attached hydrogen (secondary N) is 1. The van der Waals surface area contributed by atoms with Crippen LogP contribution in [0.15, 0.2) is 22.7 Å². The van der Waals surface area contributed by atoms with Gasteiger partial charge in [-0.05, 0) is 37.0 Å². The molecule has 2 N–H and O–H groups in total. The Balaban J connectivity index is 2.48. The molecule has 1 rings (SSSR count). The molecular weight excluding hydrogens is 294 g/mol. The summed E-state index contributed by atoms with van der Waals surface area (Å²) in [4.78, 5) is 11.8. The van der Waals surface area contributed by atoms with Crippen LogP contribution >= 0.6 is 15.9 Å². The number of hydrogen-bond donors (Lipinski definition) is 2. The molecule has 1 unspecified atom stereocenters. The van der Waals surface area contributed by atoms with E-state index in [0.717, 1.165) is 10.0 Å². The van der Waals surface area contributed by atoms with Crippen molar-refractivity contribution in [3.05, 3.63) is 33.8 Å². The van der Waals surface area contributed by atoms with Crippen molar-refractivity contribution in [3.63, 3.8) is 0 Å². The topological polar surface area (TPSA) is 49.3 Å². The first-order valence-electron chi connectivity index (χ1n) is 6.14. The zero-order valence-corrected chi connectivity index (χ0v) is 12.6. The third kappa shape index (κ3) is 4.42. The van der Waals surface area contributed by atoms with Crippen LogP contribution in [0.1, 0.15) is 36.2 Å². The number of aliphatic hydroxyl groups is 1. The molecule has 0 aliphatic heterocycles. The van der Waals surface area contributed by atoms with Crippen LogP contribution in [-0.2, 0) is 0 Å². The Morgan fingerprint density at radius 3 is 2.67 bits per heavy atom. The van der Waals surface area contributed by atoms with Crippen molar-refractivity contribution in [2.75, 3.05) is 6.54 Å². The molecule has 0 bridgehead atoms. The lowest BCUT2D eigenvalue weighted by Crippen LogP contribution is -2.28. The second-order valence-corrected chi connectivity index (χ2v) is 5.67. The lowest BCUT2D eigenvalue weighted by atomic mass is 10.0. The van der Waals surface area contributed by atoms with Crippen LogP contribution in [0.2, 0.25) is 0 Å². The molecule has 18 heavy (non-hydrogen) atoms. The third-order valence-corrected chi connectivity index (χ3v) is 3.78. The summed E-state index contributed by atoms with van der Waals surface area (Å²) < 4.78 is 0.928. The molecule has 100 valence electrons. The minimum absolute atomic E-state index is 0.105. The van der Waals surface area contributed by atoms with E-state index < -0.39 is 0 Å². The van der Waals surface area contributed by atoms with Crippen LogP contribution in [0.3, 0.4) is 0 Å². The van der Waals surface area contributed by atoms with Crippen molar-refractivity contribution in [3.8, 4) is 0 Å². The van der Waals surface area contributed by atoms with Crippen LogP contribution in [0.4, 0.5) is 0 Å². The zero-order valence-electron chi connectivity index (χ0n) is 11.0. The summed E-state index contributed by atoms with van der Waals surface area (Å²) in [6.45, 7) is 6.39. The standard InChI is InChI=1S/C14H20BrNO2/c1-9(2)13(17)6-7-16-14(18)11-5-4-10(3)12(15)8-11/h4-5,8-9,13,17H,6-7H2,1-3H3,(H,16,18). The van der Waals surface area contributed by atoms with Gasteiger partial charge in [-0.2, -0.15) is 0 Å². The van der Waals surface area contributed by atoms with E-state index in [0.29, 0.717) is 18.5 Å². The molecule has 4 heteroatoms. The number of benzene rings is 1. The molecule has 3 nitrogen and oxygen atoms in total. The molecule has 0 saturated carbocycles. The van der Waals surface area contributed by atoms with Crippen molar-refractivity contribution >= 4 is 21.8 Å². The predicted octanol–water partition coefficient (Wildman–Crippen LogP) is 2.89. The van der Waals surface area contributed by atoms with Crippen LogP contribution in [0, 0.1) is 12.8 Å². The SMILES string of the molecule is Cc1ccc(C(=O)NCCC(O)C(C)C)cc1Br. The summed E-state index contributed by atoms with van der Waals surface area (Å²) in [7, 11) is 0. The maximum Gasteiger partial charge on any atom is 0.251 e. The summed E-state index contributed by atoms with van der Waals surface area (Å²) in [5.41, 5.74) is 1.73. The van der Waals surface area contributed by atoms with E-state index in [4.69, 9.17) is 0 Å². The van der Waals surface area contributed by atoms with Gasteiger partial charge in [0.15, 0.2) is 0 Å². The summed E-state index contributed by atoms with van der Waals surface area (Å²) in [6, 6.07) is 5.51. The minimum atomic E-state index is -0.366. The number of amides is 1. The van der Waals surface area contributed by atoms with E-state index in [9.17, 15) is 9.90 Å². The van der Waals surface area contributed by atoms with Crippen molar-refractivity contribution in [1.29, 1.82) is 0 Å². The monoisotopic (exact) mass is 313 g/mol. The molecule has 0 heterocycles. The second-order valence-electron chi connectivity index (χ2n) is 4.82. The molecule has 0 aromatic heterocycles. The average molecular weight is 314 g/mol. The molecular formula is C14H20BrNO2. The third-order valence-electron chi connectivity index (χ3n) is 2.93. The molecule has 0 aliphatic carbocycles. The van der Waals surface area contributed by atoms with E-state index >= 15 is 0 Å². The maximum atomic E-state index is 11.8. The van der Waals surface area contributed by atoms with Gasteiger partial charge in [0, 0.05) is 16.6 Å². The van der Waals surface area contributed by atoms with Gasteiger partial charge in [0.2, 0.25) is 0 Å². The Morgan fingerprint density at radius 2 is 2.11 bits per heavy atom. The van der Waals surface area contributed by atoms with Gasteiger partial charge in [0.1, 0.15) is 0 Å². The first-order valence-corrected chi connectivity index (χ1v) is 6.93. The van der Waals surface area contributed by atoms with Gasteiger partial charge in [0.05, 0.1) is 6.10 Å². The van der Waals surface area contributed by atoms with E-state index in [-0.39, 0.29) is 17.9 Å². The number of aliphatic hydroxyl groups excluding tert-OH is 1. The highest BCUT2D eigenvalue weighted by Gasteiger charge is 2.10. The Kier molecular flexibility index (Phi) is 5.82. The predicted molar refractivity (Wildman–Crippen MR) is 76.7 cm³/mol. The molecule has 0 aliphatic rings. The van der Waals surface area contributed by atoms with E-state index in [1.54, 1.807) is 6.07 Å². The van der Waals surface area contributed by atoms with Gasteiger partial charge in [0.25, 0.3) is 5.91 Å². The first kappa shape index (κ1) is 15.2. The molecule has 1 aromatic rings. The quantitative estimate of drug-likeness (QED) is 0.878. The molecule has 0 spiro atoms. The Morgan fingerprint density at radius 1 is 1.44 bits per heavy atom. The molecule has 0 radical (unpaired) electrons. The minimum Gasteiger partial charge on any atom is -0.393 e. The van der Waals surface area contributed by atoms with Gasteiger partial charge in [-0.15, -0.1) is 0 Å². The first-order chi connectivity index (χ1) is 8.41. The second kappa shape index (κ2) is 6.90. The number of aryl methyl sites for hydroxylation is 1. The fourth-order valence-corrected chi connectivity index (χ4v) is 1.88. The van der Waals surface area contributed by atoms with Gasteiger partial charge < -0.3 is 10.4 Å². The fraction of sp³-hybridized carbons (Fsp3) is 0.500. The summed E-state index contributed by atoms with van der Waals surface area (Å²) in [5.74, 6) is 0.113. The highest BCUT2D eigenvalue weighted by molar-refractivity contribution is 9.10. The van der Waals surface area contributed by atoms with Gasteiger partial charge in [-0.1, -0.05) is 35.8 Å². The van der Waals surface area contributed by atoms with Crippen molar-refractivity contribution in [2.24, 2.45) is 5.92 Å². The van der Waals surface area contributed by atoms with Gasteiger partial charge in [-0.3, -0.25) is 4.79 Å². The van der Waals surface area contributed by atoms with Crippen LogP contribution < -0.4 is 5.32 Å². The van der Waals surface area contributed by atoms with Crippen LogP contribution in [0.5, 0.6) is 0 Å². The van der Waals surface area contributed by atoms with Crippen LogP contribution in [-0.4, -0.2) is 23.7 Å². The van der Waals surface area contributed by atoms with Crippen molar-refractivity contribution < 1.29 is 9.90 Å². The highest BCUT2D eigenvalue weighted by atomic mass is 79.9. The highest BCUT2D eigenvalue weighted by Crippen LogP contribution is 2.17. The van der Waals surface area contributed by atoms with Gasteiger partial charge >= 0.3 is 0 Å². The largest absolute Gasteiger partial charge is 0.393 e. The molecule has 1 amide bonds. The summed E-state index contributed by atoms with van der Waals surface area (Å²) in [6.07, 6.45) is 0.214. The van der Waals surface area contributed by atoms with E-state index in [2.05, 4.69) is 21.2 Å². The number of hydrogen-bond acceptors (Lipinski definition) is 2. The molecule has 0 fully saturated rings. The fourth-order valence-electron chi connectivity index (χ4n) is 1.50. The number of rotatable bonds is 5. The van der Waals surface area contributed by atoms with Crippen molar-refractivity contribution in [2.45, 2.75) is 33.3 Å². The number of carbonyl (C=O) groups is 1. The normalized spacial score (nSPS) is 12.6. The van der Waals surface area contributed by atoms with Gasteiger partial charge in [-0.25, -0.2) is 0 Å². The Labute approximate surface area is 117 Å². The van der Waals surface area contributed by atoms with Crippen molar-refractivity contribution in [1.82, 2.24) is 5.32 Å². The lowest BCUT2D eigenvalue weighted by molar-refractivity contribution is 0.0920. The van der Waals surface area contributed by atoms with Crippen LogP contribution in [0.25, 0.3) is 0 Å². The Hall–Kier alpha value is -0.870. The molecule has 1 aromatic carbocycles. The zero-order chi connectivity index (χ0) is 13.7. The number of halogens is 1. The Bertz CT molecular complexity index is 418. The smallest absolute Gasteiger partial charge is 0.251 e. The average Bonchev–Trinajstić information content (AvgIpc) is 2.32. The van der Waals surface area contributed by atoms with E-state index in [1.807, 2.05) is 32.9 Å². The molecule has 0 saturated heterocycles.